The minimum absolute atomic E-state index is 0.00890. The van der Waals surface area contributed by atoms with Gasteiger partial charge in [-0.1, -0.05) is 31.2 Å². The summed E-state index contributed by atoms with van der Waals surface area (Å²) in [5.74, 6) is 0.530. The number of imidazole rings is 1. The minimum Gasteiger partial charge on any atom is -0.349 e. The molecule has 0 bridgehead atoms. The van der Waals surface area contributed by atoms with Crippen molar-refractivity contribution in [2.75, 3.05) is 0 Å². The molecule has 0 radical (unpaired) electrons. The summed E-state index contributed by atoms with van der Waals surface area (Å²) >= 11 is 0. The lowest BCUT2D eigenvalue weighted by atomic mass is 10.2. The molecule has 0 unspecified atom stereocenters. The number of amides is 1. The van der Waals surface area contributed by atoms with E-state index in [9.17, 15) is 9.18 Å². The normalized spacial score (nSPS) is 10.9. The Kier molecular flexibility index (Phi) is 4.37. The van der Waals surface area contributed by atoms with Crippen molar-refractivity contribution in [2.24, 2.45) is 0 Å². The summed E-state index contributed by atoms with van der Waals surface area (Å²) in [6.07, 6.45) is 0.443. The predicted octanol–water partition coefficient (Wildman–Crippen LogP) is 3.25. The zero-order chi connectivity index (χ0) is 16.2. The van der Waals surface area contributed by atoms with Crippen LogP contribution in [0.3, 0.4) is 0 Å². The highest BCUT2D eigenvalue weighted by atomic mass is 19.1. The molecule has 23 heavy (non-hydrogen) atoms. The standard InChI is InChI=1S/C18H18FN3O/c1-2-18(23)20-11-17-21-15-5-3-4-6-16(15)22(17)12-13-7-9-14(19)10-8-13/h3-10H,2,11-12H2,1H3,(H,20,23). The fourth-order valence-corrected chi connectivity index (χ4v) is 2.51. The lowest BCUT2D eigenvalue weighted by molar-refractivity contribution is -0.120. The zero-order valence-electron chi connectivity index (χ0n) is 12.9. The molecule has 1 heterocycles. The van der Waals surface area contributed by atoms with Crippen LogP contribution < -0.4 is 5.32 Å². The van der Waals surface area contributed by atoms with E-state index in [1.54, 1.807) is 12.1 Å². The molecule has 3 aromatic rings. The van der Waals surface area contributed by atoms with Gasteiger partial charge in [-0.3, -0.25) is 4.79 Å². The first-order valence-corrected chi connectivity index (χ1v) is 7.62. The van der Waals surface area contributed by atoms with Gasteiger partial charge in [0.25, 0.3) is 0 Å². The van der Waals surface area contributed by atoms with E-state index < -0.39 is 0 Å². The number of fused-ring (bicyclic) bond motifs is 1. The third-order valence-corrected chi connectivity index (χ3v) is 3.75. The summed E-state index contributed by atoms with van der Waals surface area (Å²) in [5.41, 5.74) is 2.87. The molecule has 0 atom stereocenters. The summed E-state index contributed by atoms with van der Waals surface area (Å²) in [7, 11) is 0. The number of carbonyl (C=O) groups excluding carboxylic acids is 1. The van der Waals surface area contributed by atoms with Gasteiger partial charge in [0.1, 0.15) is 11.6 Å². The smallest absolute Gasteiger partial charge is 0.220 e. The van der Waals surface area contributed by atoms with Crippen molar-refractivity contribution in [1.29, 1.82) is 0 Å². The van der Waals surface area contributed by atoms with Gasteiger partial charge >= 0.3 is 0 Å². The van der Waals surface area contributed by atoms with Gasteiger partial charge in [-0.25, -0.2) is 9.37 Å². The van der Waals surface area contributed by atoms with Crippen LogP contribution in [0.15, 0.2) is 48.5 Å². The van der Waals surface area contributed by atoms with Gasteiger partial charge in [0.15, 0.2) is 0 Å². The van der Waals surface area contributed by atoms with E-state index in [-0.39, 0.29) is 11.7 Å². The number of benzene rings is 2. The minimum atomic E-state index is -0.250. The number of halogens is 1. The maximum absolute atomic E-state index is 13.1. The molecule has 0 aliphatic rings. The quantitative estimate of drug-likeness (QED) is 0.786. The number of aromatic nitrogens is 2. The van der Waals surface area contributed by atoms with Crippen LogP contribution in [0.4, 0.5) is 4.39 Å². The third-order valence-electron chi connectivity index (χ3n) is 3.75. The fourth-order valence-electron chi connectivity index (χ4n) is 2.51. The largest absolute Gasteiger partial charge is 0.349 e. The topological polar surface area (TPSA) is 46.9 Å². The van der Waals surface area contributed by atoms with Crippen LogP contribution in [0, 0.1) is 5.82 Å². The van der Waals surface area contributed by atoms with Gasteiger partial charge in [0, 0.05) is 13.0 Å². The average molecular weight is 311 g/mol. The summed E-state index contributed by atoms with van der Waals surface area (Å²) in [5, 5.41) is 2.86. The van der Waals surface area contributed by atoms with Crippen LogP contribution >= 0.6 is 0 Å². The van der Waals surface area contributed by atoms with Crippen molar-refractivity contribution in [1.82, 2.24) is 14.9 Å². The molecule has 1 N–H and O–H groups in total. The molecule has 0 saturated carbocycles. The molecule has 118 valence electrons. The van der Waals surface area contributed by atoms with Crippen LogP contribution in [-0.4, -0.2) is 15.5 Å². The van der Waals surface area contributed by atoms with Crippen LogP contribution in [0.2, 0.25) is 0 Å². The maximum Gasteiger partial charge on any atom is 0.220 e. The number of para-hydroxylation sites is 2. The number of hydrogen-bond acceptors (Lipinski definition) is 2. The van der Waals surface area contributed by atoms with Crippen molar-refractivity contribution in [3.05, 3.63) is 65.7 Å². The molecule has 1 amide bonds. The Morgan fingerprint density at radius 2 is 1.91 bits per heavy atom. The predicted molar refractivity (Wildman–Crippen MR) is 87.4 cm³/mol. The van der Waals surface area contributed by atoms with E-state index in [1.165, 1.54) is 12.1 Å². The molecule has 4 nitrogen and oxygen atoms in total. The molecule has 0 fully saturated rings. The summed E-state index contributed by atoms with van der Waals surface area (Å²) in [6, 6.07) is 14.3. The van der Waals surface area contributed by atoms with Gasteiger partial charge in [-0.15, -0.1) is 0 Å². The summed E-state index contributed by atoms with van der Waals surface area (Å²) < 4.78 is 15.1. The lowest BCUT2D eigenvalue weighted by Crippen LogP contribution is -2.23. The Hall–Kier alpha value is -2.69. The van der Waals surface area contributed by atoms with E-state index in [0.29, 0.717) is 19.5 Å². The van der Waals surface area contributed by atoms with E-state index in [2.05, 4.69) is 14.9 Å². The maximum atomic E-state index is 13.1. The Balaban J connectivity index is 1.95. The second-order valence-electron chi connectivity index (χ2n) is 5.36. The van der Waals surface area contributed by atoms with Gasteiger partial charge < -0.3 is 9.88 Å². The SMILES string of the molecule is CCC(=O)NCc1nc2ccccc2n1Cc1ccc(F)cc1. The van der Waals surface area contributed by atoms with E-state index in [1.807, 2.05) is 31.2 Å². The average Bonchev–Trinajstić information content (AvgIpc) is 2.92. The summed E-state index contributed by atoms with van der Waals surface area (Å²) in [6.45, 7) is 2.78. The number of hydrogen-bond donors (Lipinski definition) is 1. The molecule has 5 heteroatoms. The van der Waals surface area contributed by atoms with E-state index in [4.69, 9.17) is 0 Å². The first-order chi connectivity index (χ1) is 11.2. The third kappa shape index (κ3) is 3.39. The molecule has 1 aromatic heterocycles. The van der Waals surface area contributed by atoms with Gasteiger partial charge in [-0.2, -0.15) is 0 Å². The zero-order valence-corrected chi connectivity index (χ0v) is 12.9. The summed E-state index contributed by atoms with van der Waals surface area (Å²) in [4.78, 5) is 16.1. The first-order valence-electron chi connectivity index (χ1n) is 7.62. The highest BCUT2D eigenvalue weighted by Crippen LogP contribution is 2.18. The van der Waals surface area contributed by atoms with E-state index in [0.717, 1.165) is 22.4 Å². The molecule has 0 saturated heterocycles. The van der Waals surface area contributed by atoms with Crippen molar-refractivity contribution in [3.63, 3.8) is 0 Å². The monoisotopic (exact) mass is 311 g/mol. The Morgan fingerprint density at radius 1 is 1.17 bits per heavy atom. The van der Waals surface area contributed by atoms with Crippen molar-refractivity contribution in [2.45, 2.75) is 26.4 Å². The van der Waals surface area contributed by atoms with Crippen molar-refractivity contribution < 1.29 is 9.18 Å². The second-order valence-corrected chi connectivity index (χ2v) is 5.36. The van der Waals surface area contributed by atoms with Crippen LogP contribution in [0.25, 0.3) is 11.0 Å². The number of rotatable bonds is 5. The van der Waals surface area contributed by atoms with Crippen LogP contribution in [-0.2, 0) is 17.9 Å². The first kappa shape index (κ1) is 15.2. The fraction of sp³-hybridized carbons (Fsp3) is 0.222. The van der Waals surface area contributed by atoms with E-state index >= 15 is 0 Å². The van der Waals surface area contributed by atoms with Crippen molar-refractivity contribution in [3.8, 4) is 0 Å². The Morgan fingerprint density at radius 3 is 2.65 bits per heavy atom. The van der Waals surface area contributed by atoms with Gasteiger partial charge in [0.05, 0.1) is 17.6 Å². The molecule has 0 aliphatic heterocycles. The van der Waals surface area contributed by atoms with Crippen LogP contribution in [0.5, 0.6) is 0 Å². The highest BCUT2D eigenvalue weighted by Gasteiger charge is 2.11. The Bertz CT molecular complexity index is 824. The Labute approximate surface area is 134 Å². The van der Waals surface area contributed by atoms with Gasteiger partial charge in [0.2, 0.25) is 5.91 Å². The lowest BCUT2D eigenvalue weighted by Gasteiger charge is -2.10. The second kappa shape index (κ2) is 6.60. The molecule has 0 aliphatic carbocycles. The molecule has 0 spiro atoms. The van der Waals surface area contributed by atoms with Crippen molar-refractivity contribution >= 4 is 16.9 Å². The molecular formula is C18H18FN3O. The van der Waals surface area contributed by atoms with Gasteiger partial charge in [-0.05, 0) is 29.8 Å². The number of nitrogens with zero attached hydrogens (tertiary/aromatic N) is 2. The molecule has 2 aromatic carbocycles. The number of nitrogens with one attached hydrogen (secondary N) is 1. The highest BCUT2D eigenvalue weighted by molar-refractivity contribution is 5.77. The molecular weight excluding hydrogens is 293 g/mol. The number of carbonyl (C=O) groups is 1. The van der Waals surface area contributed by atoms with Crippen LogP contribution in [0.1, 0.15) is 24.7 Å². The molecule has 3 rings (SSSR count).